The van der Waals surface area contributed by atoms with Gasteiger partial charge in [-0.05, 0) is 37.2 Å². The topological polar surface area (TPSA) is 64.9 Å². The average Bonchev–Trinajstić information content (AvgIpc) is 2.94. The molecule has 1 aromatic heterocycles. The van der Waals surface area contributed by atoms with Crippen LogP contribution in [-0.2, 0) is 16.0 Å². The number of benzene rings is 1. The molecule has 24 heavy (non-hydrogen) atoms. The fraction of sp³-hybridized carbons (Fsp3) is 0.444. The van der Waals surface area contributed by atoms with Crippen molar-refractivity contribution in [3.8, 4) is 0 Å². The first kappa shape index (κ1) is 21.3. The third-order valence-corrected chi connectivity index (χ3v) is 3.63. The van der Waals surface area contributed by atoms with Crippen molar-refractivity contribution >= 4 is 11.7 Å². The van der Waals surface area contributed by atoms with Crippen LogP contribution >= 0.6 is 0 Å². The molecule has 1 unspecified atom stereocenters. The van der Waals surface area contributed by atoms with E-state index in [1.165, 1.54) is 0 Å². The number of esters is 1. The maximum Gasteiger partial charge on any atom is 0.310 e. The number of carbonyl (C=O) groups is 1. The van der Waals surface area contributed by atoms with E-state index in [0.29, 0.717) is 24.0 Å². The van der Waals surface area contributed by atoms with Crippen molar-refractivity contribution in [3.63, 3.8) is 0 Å². The van der Waals surface area contributed by atoms with E-state index in [0.717, 1.165) is 18.4 Å². The monoisotopic (exact) mass is 490 g/mol. The van der Waals surface area contributed by atoms with Gasteiger partial charge in [-0.15, -0.1) is 0 Å². The van der Waals surface area contributed by atoms with Crippen molar-refractivity contribution in [1.29, 1.82) is 0 Å². The van der Waals surface area contributed by atoms with E-state index in [-0.39, 0.29) is 65.1 Å². The minimum Gasteiger partial charge on any atom is -0.600 e. The second-order valence-electron chi connectivity index (χ2n) is 5.57. The number of hydrogen-bond donors (Lipinski definition) is 0. The molecule has 0 aliphatic heterocycles. The van der Waals surface area contributed by atoms with Crippen LogP contribution < -0.4 is 5.75 Å². The maximum atomic E-state index is 12.0. The molecule has 2 rings (SSSR count). The Hall–Kier alpha value is -0.781. The van der Waals surface area contributed by atoms with E-state index in [4.69, 9.17) is 13.6 Å². The minimum absolute atomic E-state index is 0. The quantitative estimate of drug-likeness (QED) is 0.439. The molecule has 6 heteroatoms. The summed E-state index contributed by atoms with van der Waals surface area (Å²) in [4.78, 5) is 16.2. The van der Waals surface area contributed by atoms with Crippen molar-refractivity contribution < 1.29 is 65.3 Å². The van der Waals surface area contributed by atoms with Gasteiger partial charge in [0.2, 0.25) is 5.75 Å². The molecule has 0 saturated heterocycles. The number of ether oxygens (including phenoxy) is 1. The number of hydrogen-bond acceptors (Lipinski definition) is 5. The van der Waals surface area contributed by atoms with E-state index >= 15 is 0 Å². The van der Waals surface area contributed by atoms with E-state index in [9.17, 15) is 4.79 Å². The first-order chi connectivity index (χ1) is 11.1. The van der Waals surface area contributed by atoms with Gasteiger partial charge in [0.15, 0.2) is 0 Å². The van der Waals surface area contributed by atoms with Crippen molar-refractivity contribution in [2.24, 2.45) is 10.9 Å². The SMILES string of the molecule is CCC(C)CCOC(=O)Cc1ccccc1N=c1o[c-]c(C)o1.[Yb]. The largest absolute Gasteiger partial charge is 0.600 e. The van der Waals surface area contributed by atoms with Crippen LogP contribution in [0.3, 0.4) is 0 Å². The van der Waals surface area contributed by atoms with Crippen LogP contribution in [0.15, 0.2) is 38.1 Å². The number of para-hydroxylation sites is 1. The third kappa shape index (κ3) is 6.99. The van der Waals surface area contributed by atoms with E-state index in [2.05, 4.69) is 25.1 Å². The Morgan fingerprint density at radius 2 is 2.12 bits per heavy atom. The van der Waals surface area contributed by atoms with Crippen molar-refractivity contribution in [2.75, 3.05) is 6.61 Å². The Bertz CT molecular complexity index is 705. The summed E-state index contributed by atoms with van der Waals surface area (Å²) in [5.74, 6) is 0.936. The van der Waals surface area contributed by atoms with Gasteiger partial charge in [-0.25, -0.2) is 0 Å². The van der Waals surface area contributed by atoms with Crippen LogP contribution in [-0.4, -0.2) is 12.6 Å². The van der Waals surface area contributed by atoms with Crippen molar-refractivity contribution in [1.82, 2.24) is 0 Å². The third-order valence-electron chi connectivity index (χ3n) is 3.63. The van der Waals surface area contributed by atoms with E-state index in [1.807, 2.05) is 18.2 Å². The zero-order valence-corrected chi connectivity index (χ0v) is 15.8. The van der Waals surface area contributed by atoms with Crippen LogP contribution in [0.4, 0.5) is 5.69 Å². The second kappa shape index (κ2) is 11.0. The molecule has 1 heterocycles. The van der Waals surface area contributed by atoms with Gasteiger partial charge in [-0.3, -0.25) is 9.79 Å². The molecule has 0 bridgehead atoms. The number of rotatable bonds is 7. The van der Waals surface area contributed by atoms with Crippen LogP contribution in [0.1, 0.15) is 38.0 Å². The summed E-state index contributed by atoms with van der Waals surface area (Å²) in [6, 6.07) is 7.34. The number of nitrogens with zero attached hydrogens (tertiary/aromatic N) is 1. The summed E-state index contributed by atoms with van der Waals surface area (Å²) >= 11 is 0. The molecule has 0 N–H and O–H groups in total. The standard InChI is InChI=1S/C18H22NO4.Yb/c1-4-13(2)9-10-21-17(20)11-15-7-5-6-8-16(15)19-18-22-12-14(3)23-18;/h5-8,13H,4,9-11H2,1-3H3;/q-1;. The smallest absolute Gasteiger partial charge is 0.310 e. The zero-order valence-electron chi connectivity index (χ0n) is 14.1. The fourth-order valence-electron chi connectivity index (χ4n) is 1.99. The average molecular weight is 489 g/mol. The summed E-state index contributed by atoms with van der Waals surface area (Å²) in [5, 5.41) is 0. The zero-order chi connectivity index (χ0) is 16.7. The van der Waals surface area contributed by atoms with Gasteiger partial charge in [0.1, 0.15) is 0 Å². The van der Waals surface area contributed by atoms with E-state index in [1.54, 1.807) is 13.0 Å². The molecular weight excluding hydrogens is 467 g/mol. The van der Waals surface area contributed by atoms with Gasteiger partial charge in [-0.2, -0.15) is 0 Å². The molecule has 138 valence electrons. The summed E-state index contributed by atoms with van der Waals surface area (Å²) < 4.78 is 15.6. The Balaban J connectivity index is 0.00000288. The van der Waals surface area contributed by atoms with Gasteiger partial charge in [0.05, 0.1) is 18.7 Å². The predicted octanol–water partition coefficient (Wildman–Crippen LogP) is 3.74. The Morgan fingerprint density at radius 1 is 1.38 bits per heavy atom. The summed E-state index contributed by atoms with van der Waals surface area (Å²) in [6.45, 7) is 6.45. The maximum absolute atomic E-state index is 12.0. The molecule has 5 nitrogen and oxygen atoms in total. The molecule has 1 aromatic carbocycles. The summed E-state index contributed by atoms with van der Waals surface area (Å²) in [6.07, 6.45) is 4.71. The van der Waals surface area contributed by atoms with Gasteiger partial charge in [0.25, 0.3) is 0 Å². The minimum atomic E-state index is -0.255. The molecule has 0 fully saturated rings. The molecule has 0 spiro atoms. The van der Waals surface area contributed by atoms with Crippen LogP contribution in [0.5, 0.6) is 0 Å². The Morgan fingerprint density at radius 3 is 2.79 bits per heavy atom. The van der Waals surface area contributed by atoms with Crippen LogP contribution in [0.2, 0.25) is 0 Å². The molecule has 1 atom stereocenters. The molecule has 0 saturated carbocycles. The molecule has 2 aromatic rings. The Labute approximate surface area is 180 Å². The summed E-state index contributed by atoms with van der Waals surface area (Å²) in [7, 11) is 0. The predicted molar refractivity (Wildman–Crippen MR) is 84.9 cm³/mol. The molecule has 0 amide bonds. The van der Waals surface area contributed by atoms with Crippen molar-refractivity contribution in [3.05, 3.63) is 47.6 Å². The molecule has 0 aliphatic rings. The number of aryl methyl sites for hydroxylation is 1. The molecular formula is C18H22NO4Yb-. The van der Waals surface area contributed by atoms with Crippen molar-refractivity contribution in [2.45, 2.75) is 40.0 Å². The Kier molecular flexibility index (Phi) is 9.71. The number of carbonyl (C=O) groups excluding carboxylic acids is 1. The fourth-order valence-corrected chi connectivity index (χ4v) is 1.99. The van der Waals surface area contributed by atoms with Crippen LogP contribution in [0.25, 0.3) is 0 Å². The summed E-state index contributed by atoms with van der Waals surface area (Å²) in [5.41, 5.74) is 1.39. The van der Waals surface area contributed by atoms with Gasteiger partial charge in [0, 0.05) is 52.7 Å². The normalized spacial score (nSPS) is 12.5. The first-order valence-corrected chi connectivity index (χ1v) is 7.85. The molecule has 0 aliphatic carbocycles. The van der Waals surface area contributed by atoms with Gasteiger partial charge in [-0.1, -0.05) is 38.5 Å². The van der Waals surface area contributed by atoms with E-state index < -0.39 is 0 Å². The van der Waals surface area contributed by atoms with Gasteiger partial charge < -0.3 is 13.6 Å². The first-order valence-electron chi connectivity index (χ1n) is 7.85. The second-order valence-corrected chi connectivity index (χ2v) is 5.57. The molecule has 0 radical (unpaired) electrons. The van der Waals surface area contributed by atoms with Gasteiger partial charge >= 0.3 is 5.97 Å². The van der Waals surface area contributed by atoms with Crippen LogP contribution in [0, 0.1) is 66.0 Å².